The number of aliphatic hydroxyl groups excluding tert-OH is 1. The van der Waals surface area contributed by atoms with Gasteiger partial charge in [0.25, 0.3) is 0 Å². The first-order valence-corrected chi connectivity index (χ1v) is 13.5. The highest BCUT2D eigenvalue weighted by molar-refractivity contribution is 5.86. The van der Waals surface area contributed by atoms with E-state index >= 15 is 0 Å². The van der Waals surface area contributed by atoms with Crippen LogP contribution in [0.15, 0.2) is 54.6 Å². The zero-order chi connectivity index (χ0) is 25.2. The summed E-state index contributed by atoms with van der Waals surface area (Å²) < 4.78 is 0. The third kappa shape index (κ3) is 5.02. The number of rotatable bonds is 7. The van der Waals surface area contributed by atoms with Crippen LogP contribution in [-0.4, -0.2) is 52.3 Å². The first-order valence-electron chi connectivity index (χ1n) is 13.5. The molecular weight excluding hydrogens is 448 g/mol. The molecule has 3 N–H and O–H groups in total. The summed E-state index contributed by atoms with van der Waals surface area (Å²) in [7, 11) is 1.96. The summed E-state index contributed by atoms with van der Waals surface area (Å²) in [6.07, 6.45) is 4.10. The average Bonchev–Trinajstić information content (AvgIpc) is 3.27. The molecule has 6 nitrogen and oxygen atoms in total. The molecular formula is C30H40N4O2. The molecule has 1 fully saturated rings. The Hall–Kier alpha value is -2.83. The van der Waals surface area contributed by atoms with Crippen molar-refractivity contribution in [2.45, 2.75) is 58.3 Å². The quantitative estimate of drug-likeness (QED) is 0.391. The Morgan fingerprint density at radius 3 is 2.50 bits per heavy atom. The Balaban J connectivity index is 1.19. The topological polar surface area (TPSA) is 71.6 Å². The first kappa shape index (κ1) is 24.8. The van der Waals surface area contributed by atoms with Crippen LogP contribution < -0.4 is 5.32 Å². The van der Waals surface area contributed by atoms with Gasteiger partial charge in [0.15, 0.2) is 6.35 Å². The molecule has 192 valence electrons. The smallest absolute Gasteiger partial charge is 0.226 e. The van der Waals surface area contributed by atoms with Crippen LogP contribution in [0.1, 0.15) is 56.8 Å². The Kier molecular flexibility index (Phi) is 7.35. The van der Waals surface area contributed by atoms with Gasteiger partial charge in [-0.25, -0.2) is 0 Å². The number of hydrogen-bond donors (Lipinski definition) is 3. The highest BCUT2D eigenvalue weighted by Gasteiger charge is 2.38. The van der Waals surface area contributed by atoms with Gasteiger partial charge in [-0.3, -0.25) is 9.69 Å². The van der Waals surface area contributed by atoms with E-state index in [9.17, 15) is 9.90 Å². The second-order valence-corrected chi connectivity index (χ2v) is 11.1. The number of nitrogens with one attached hydrogen (secondary N) is 2. The molecule has 3 aromatic rings. The van der Waals surface area contributed by atoms with E-state index in [1.54, 1.807) is 0 Å². The molecule has 2 atom stereocenters. The highest BCUT2D eigenvalue weighted by atomic mass is 16.3. The number of fused-ring (bicyclic) bond motifs is 3. The Labute approximate surface area is 214 Å². The first-order chi connectivity index (χ1) is 17.4. The number of anilines is 1. The second-order valence-electron chi connectivity index (χ2n) is 11.1. The summed E-state index contributed by atoms with van der Waals surface area (Å²) in [5.41, 5.74) is 4.71. The van der Waals surface area contributed by atoms with Crippen molar-refractivity contribution in [1.82, 2.24) is 14.8 Å². The fourth-order valence-corrected chi connectivity index (χ4v) is 6.34. The summed E-state index contributed by atoms with van der Waals surface area (Å²) in [6.45, 7) is 6.08. The molecule has 0 bridgehead atoms. The normalized spacial score (nSPS) is 23.2. The van der Waals surface area contributed by atoms with Crippen molar-refractivity contribution in [2.24, 2.45) is 17.8 Å². The minimum atomic E-state index is -0.725. The van der Waals surface area contributed by atoms with E-state index in [1.165, 1.54) is 22.2 Å². The zero-order valence-corrected chi connectivity index (χ0v) is 21.8. The second kappa shape index (κ2) is 10.7. The number of nitrogens with zero attached hydrogens (tertiary/aromatic N) is 2. The largest absolute Gasteiger partial charge is 0.361 e. The van der Waals surface area contributed by atoms with Gasteiger partial charge in [-0.2, -0.15) is 0 Å². The van der Waals surface area contributed by atoms with Crippen LogP contribution in [0.5, 0.6) is 0 Å². The lowest BCUT2D eigenvalue weighted by molar-refractivity contribution is -0.141. The summed E-state index contributed by atoms with van der Waals surface area (Å²) >= 11 is 0. The van der Waals surface area contributed by atoms with Crippen LogP contribution in [-0.2, 0) is 11.2 Å². The number of H-pyrrole nitrogens is 1. The van der Waals surface area contributed by atoms with Crippen LogP contribution in [0.2, 0.25) is 0 Å². The predicted octanol–water partition coefficient (Wildman–Crippen LogP) is 5.38. The summed E-state index contributed by atoms with van der Waals surface area (Å²) in [6, 6.07) is 18.4. The molecule has 0 spiro atoms. The van der Waals surface area contributed by atoms with Crippen molar-refractivity contribution in [3.8, 4) is 0 Å². The molecule has 1 saturated carbocycles. The minimum Gasteiger partial charge on any atom is -0.361 e. The molecule has 2 aromatic carbocycles. The maximum absolute atomic E-state index is 13.8. The van der Waals surface area contributed by atoms with Gasteiger partial charge in [0.05, 0.1) is 6.04 Å². The number of aromatic amines is 1. The third-order valence-electron chi connectivity index (χ3n) is 8.22. The van der Waals surface area contributed by atoms with E-state index in [4.69, 9.17) is 0 Å². The van der Waals surface area contributed by atoms with E-state index in [2.05, 4.69) is 53.3 Å². The maximum atomic E-state index is 13.8. The maximum Gasteiger partial charge on any atom is 0.226 e. The van der Waals surface area contributed by atoms with Gasteiger partial charge in [-0.1, -0.05) is 50.2 Å². The molecule has 1 aromatic heterocycles. The average molecular weight is 489 g/mol. The fourth-order valence-electron chi connectivity index (χ4n) is 6.34. The molecule has 5 rings (SSSR count). The summed E-state index contributed by atoms with van der Waals surface area (Å²) in [5, 5.41) is 15.0. The van der Waals surface area contributed by atoms with Gasteiger partial charge in [-0.15, -0.1) is 0 Å². The van der Waals surface area contributed by atoms with Crippen molar-refractivity contribution in [3.05, 3.63) is 65.9 Å². The fraction of sp³-hybridized carbons (Fsp3) is 0.500. The van der Waals surface area contributed by atoms with Crippen LogP contribution in [0.3, 0.4) is 0 Å². The lowest BCUT2D eigenvalue weighted by Crippen LogP contribution is -2.46. The molecule has 1 aliphatic heterocycles. The number of amides is 1. The SMILES string of the molecule is CC(C)C1c2[nH]c3ccccc3c2CCN1C(=O)[C@H]1CC[C@H](CN(C)C(O)Nc2ccccc2)CC1. The van der Waals surface area contributed by atoms with Crippen LogP contribution >= 0.6 is 0 Å². The molecule has 1 aliphatic carbocycles. The summed E-state index contributed by atoms with van der Waals surface area (Å²) in [5.74, 6) is 1.28. The van der Waals surface area contributed by atoms with E-state index in [0.29, 0.717) is 17.7 Å². The molecule has 0 radical (unpaired) electrons. The monoisotopic (exact) mass is 488 g/mol. The molecule has 6 heteroatoms. The van der Waals surface area contributed by atoms with Crippen LogP contribution in [0, 0.1) is 17.8 Å². The number of aliphatic hydroxyl groups is 1. The number of carbonyl (C=O) groups is 1. The molecule has 2 aliphatic rings. The van der Waals surface area contributed by atoms with Gasteiger partial charge >= 0.3 is 0 Å². The van der Waals surface area contributed by atoms with Crippen molar-refractivity contribution in [2.75, 3.05) is 25.5 Å². The predicted molar refractivity (Wildman–Crippen MR) is 145 cm³/mol. The van der Waals surface area contributed by atoms with Gasteiger partial charge in [0.1, 0.15) is 0 Å². The van der Waals surface area contributed by atoms with E-state index < -0.39 is 6.35 Å². The van der Waals surface area contributed by atoms with Gasteiger partial charge in [0, 0.05) is 41.3 Å². The number of benzene rings is 2. The van der Waals surface area contributed by atoms with Gasteiger partial charge in [-0.05, 0) is 74.8 Å². The Morgan fingerprint density at radius 1 is 1.08 bits per heavy atom. The van der Waals surface area contributed by atoms with E-state index in [0.717, 1.165) is 50.9 Å². The molecule has 1 amide bonds. The molecule has 0 saturated heterocycles. The highest BCUT2D eigenvalue weighted by Crippen LogP contribution is 2.40. The number of hydrogen-bond acceptors (Lipinski definition) is 4. The molecule has 36 heavy (non-hydrogen) atoms. The van der Waals surface area contributed by atoms with Gasteiger partial charge in [0.2, 0.25) is 5.91 Å². The Bertz CT molecular complexity index is 1170. The van der Waals surface area contributed by atoms with Gasteiger partial charge < -0.3 is 20.3 Å². The summed E-state index contributed by atoms with van der Waals surface area (Å²) in [4.78, 5) is 21.6. The van der Waals surface area contributed by atoms with Crippen molar-refractivity contribution in [1.29, 1.82) is 0 Å². The lowest BCUT2D eigenvalue weighted by atomic mass is 9.80. The van der Waals surface area contributed by atoms with Crippen molar-refractivity contribution in [3.63, 3.8) is 0 Å². The number of aromatic nitrogens is 1. The molecule has 2 unspecified atom stereocenters. The third-order valence-corrected chi connectivity index (χ3v) is 8.22. The van der Waals surface area contributed by atoms with Crippen LogP contribution in [0.4, 0.5) is 5.69 Å². The number of para-hydroxylation sites is 2. The molecule has 2 heterocycles. The van der Waals surface area contributed by atoms with E-state index in [1.807, 2.05) is 42.3 Å². The number of carbonyl (C=O) groups excluding carboxylic acids is 1. The Morgan fingerprint density at radius 2 is 1.78 bits per heavy atom. The van der Waals surface area contributed by atoms with E-state index in [-0.39, 0.29) is 12.0 Å². The zero-order valence-electron chi connectivity index (χ0n) is 21.8. The van der Waals surface area contributed by atoms with Crippen LogP contribution in [0.25, 0.3) is 10.9 Å². The minimum absolute atomic E-state index is 0.103. The van der Waals surface area contributed by atoms with Crippen molar-refractivity contribution >= 4 is 22.5 Å². The lowest BCUT2D eigenvalue weighted by Gasteiger charge is -2.41. The van der Waals surface area contributed by atoms with Crippen molar-refractivity contribution < 1.29 is 9.90 Å². The standard InChI is InChI=1S/C30H40N4O2/c1-20(2)28-27-25(24-11-7-8-12-26(24)32-27)17-18-34(28)29(35)22-15-13-21(14-16-22)19-33(3)30(36)31-23-9-5-4-6-10-23/h4-12,20-22,28,30-32,36H,13-19H2,1-3H3/t21-,22-,28?,30?.